The summed E-state index contributed by atoms with van der Waals surface area (Å²) in [6.45, 7) is 6.53. The van der Waals surface area contributed by atoms with Gasteiger partial charge in [-0.05, 0) is 56.0 Å². The number of imidazole rings is 1. The highest BCUT2D eigenvalue weighted by Crippen LogP contribution is 2.23. The maximum atomic E-state index is 4.48. The number of hydrogen-bond donors (Lipinski definition) is 0. The van der Waals surface area contributed by atoms with E-state index >= 15 is 0 Å². The van der Waals surface area contributed by atoms with E-state index in [9.17, 15) is 0 Å². The van der Waals surface area contributed by atoms with E-state index in [0.717, 1.165) is 31.2 Å². The van der Waals surface area contributed by atoms with Crippen LogP contribution in [0.15, 0.2) is 61.1 Å². The van der Waals surface area contributed by atoms with Gasteiger partial charge < -0.3 is 4.57 Å². The summed E-state index contributed by atoms with van der Waals surface area (Å²) in [6, 6.07) is 14.9. The number of likely N-dealkylation sites (tertiary alicyclic amines) is 1. The van der Waals surface area contributed by atoms with Crippen molar-refractivity contribution >= 4 is 0 Å². The zero-order valence-corrected chi connectivity index (χ0v) is 15.4. The van der Waals surface area contributed by atoms with Crippen molar-refractivity contribution in [3.63, 3.8) is 0 Å². The Morgan fingerprint density at radius 3 is 2.85 bits per heavy atom. The second-order valence-electron chi connectivity index (χ2n) is 7.29. The highest BCUT2D eigenvalue weighted by atomic mass is 15.1. The summed E-state index contributed by atoms with van der Waals surface area (Å²) in [6.07, 6.45) is 8.44. The van der Waals surface area contributed by atoms with Crippen molar-refractivity contribution in [2.75, 3.05) is 13.1 Å². The van der Waals surface area contributed by atoms with Gasteiger partial charge in [0.1, 0.15) is 5.82 Å². The van der Waals surface area contributed by atoms with Crippen LogP contribution in [0.1, 0.15) is 24.2 Å². The van der Waals surface area contributed by atoms with Gasteiger partial charge in [-0.3, -0.25) is 9.88 Å². The number of benzene rings is 1. The van der Waals surface area contributed by atoms with Crippen molar-refractivity contribution in [3.05, 3.63) is 72.4 Å². The summed E-state index contributed by atoms with van der Waals surface area (Å²) in [4.78, 5) is 11.4. The Morgan fingerprint density at radius 2 is 2.04 bits per heavy atom. The van der Waals surface area contributed by atoms with Gasteiger partial charge in [0.25, 0.3) is 0 Å². The molecule has 134 valence electrons. The second-order valence-corrected chi connectivity index (χ2v) is 7.29. The average molecular weight is 346 g/mol. The number of piperidine rings is 1. The zero-order valence-electron chi connectivity index (χ0n) is 15.4. The van der Waals surface area contributed by atoms with Crippen LogP contribution in [0.25, 0.3) is 11.3 Å². The van der Waals surface area contributed by atoms with Crippen LogP contribution in [0.2, 0.25) is 0 Å². The third-order valence-corrected chi connectivity index (χ3v) is 5.28. The summed E-state index contributed by atoms with van der Waals surface area (Å²) in [5.74, 6) is 1.82. The van der Waals surface area contributed by atoms with E-state index in [1.54, 1.807) is 0 Å². The van der Waals surface area contributed by atoms with Crippen molar-refractivity contribution in [2.45, 2.75) is 32.9 Å². The molecule has 0 spiro atoms. The molecule has 3 aromatic rings. The molecule has 1 aromatic carbocycles. The predicted molar refractivity (Wildman–Crippen MR) is 105 cm³/mol. The van der Waals surface area contributed by atoms with Gasteiger partial charge in [0.2, 0.25) is 0 Å². The van der Waals surface area contributed by atoms with Crippen LogP contribution in [-0.2, 0) is 13.1 Å². The molecule has 1 atom stereocenters. The maximum absolute atomic E-state index is 4.48. The van der Waals surface area contributed by atoms with Gasteiger partial charge in [-0.2, -0.15) is 0 Å². The van der Waals surface area contributed by atoms with Gasteiger partial charge in [0.15, 0.2) is 0 Å². The average Bonchev–Trinajstić information content (AvgIpc) is 3.08. The summed E-state index contributed by atoms with van der Waals surface area (Å²) in [7, 11) is 0. The van der Waals surface area contributed by atoms with Gasteiger partial charge in [-0.25, -0.2) is 4.98 Å². The van der Waals surface area contributed by atoms with E-state index < -0.39 is 0 Å². The van der Waals surface area contributed by atoms with Crippen LogP contribution in [0.5, 0.6) is 0 Å². The van der Waals surface area contributed by atoms with Crippen molar-refractivity contribution in [1.82, 2.24) is 19.4 Å². The predicted octanol–water partition coefficient (Wildman–Crippen LogP) is 4.17. The van der Waals surface area contributed by atoms with Gasteiger partial charge in [0.05, 0.1) is 5.69 Å². The molecule has 1 fully saturated rings. The first-order chi connectivity index (χ1) is 12.8. The lowest BCUT2D eigenvalue weighted by Gasteiger charge is -2.33. The molecule has 4 heteroatoms. The molecule has 1 aliphatic rings. The van der Waals surface area contributed by atoms with Crippen LogP contribution in [0.4, 0.5) is 0 Å². The van der Waals surface area contributed by atoms with E-state index in [-0.39, 0.29) is 0 Å². The molecule has 3 heterocycles. The Kier molecular flexibility index (Phi) is 5.12. The molecule has 26 heavy (non-hydrogen) atoms. The van der Waals surface area contributed by atoms with Gasteiger partial charge in [-0.1, -0.05) is 24.3 Å². The summed E-state index contributed by atoms with van der Waals surface area (Å²) in [5.41, 5.74) is 3.61. The molecule has 4 rings (SSSR count). The molecular weight excluding hydrogens is 320 g/mol. The van der Waals surface area contributed by atoms with E-state index in [4.69, 9.17) is 0 Å². The number of aromatic nitrogens is 3. The Hall–Kier alpha value is -2.46. The third-order valence-electron chi connectivity index (χ3n) is 5.28. The quantitative estimate of drug-likeness (QED) is 0.695. The van der Waals surface area contributed by atoms with Gasteiger partial charge in [0, 0.05) is 43.8 Å². The standard InChI is InChI=1S/C22H26N4/c1-18-23-11-13-26(18)17-20-7-5-12-25(16-20)15-19-6-4-8-21(14-19)22-9-2-3-10-24-22/h2-4,6,8-11,13-14,20H,5,7,12,15-17H2,1H3/t20-/m0/s1. The number of pyridine rings is 1. The number of hydrogen-bond acceptors (Lipinski definition) is 3. The monoisotopic (exact) mass is 346 g/mol. The van der Waals surface area contributed by atoms with Crippen LogP contribution in [0, 0.1) is 12.8 Å². The molecule has 0 unspecified atom stereocenters. The third kappa shape index (κ3) is 4.02. The number of rotatable bonds is 5. The van der Waals surface area contributed by atoms with E-state index in [0.29, 0.717) is 5.92 Å². The fourth-order valence-electron chi connectivity index (χ4n) is 3.94. The molecule has 0 radical (unpaired) electrons. The molecule has 0 aliphatic carbocycles. The smallest absolute Gasteiger partial charge is 0.105 e. The van der Waals surface area contributed by atoms with Crippen LogP contribution in [0.3, 0.4) is 0 Å². The maximum Gasteiger partial charge on any atom is 0.105 e. The molecule has 1 aliphatic heterocycles. The molecule has 0 N–H and O–H groups in total. The summed E-state index contributed by atoms with van der Waals surface area (Å²) >= 11 is 0. The Bertz CT molecular complexity index is 840. The van der Waals surface area contributed by atoms with Crippen molar-refractivity contribution in [1.29, 1.82) is 0 Å². The first-order valence-electron chi connectivity index (χ1n) is 9.48. The largest absolute Gasteiger partial charge is 0.335 e. The highest BCUT2D eigenvalue weighted by Gasteiger charge is 2.20. The van der Waals surface area contributed by atoms with Crippen molar-refractivity contribution < 1.29 is 0 Å². The van der Waals surface area contributed by atoms with Gasteiger partial charge in [-0.15, -0.1) is 0 Å². The van der Waals surface area contributed by atoms with Crippen LogP contribution < -0.4 is 0 Å². The Labute approximate surface area is 155 Å². The fraction of sp³-hybridized carbons (Fsp3) is 0.364. The minimum Gasteiger partial charge on any atom is -0.335 e. The molecule has 0 amide bonds. The number of nitrogens with zero attached hydrogens (tertiary/aromatic N) is 4. The van der Waals surface area contributed by atoms with Crippen molar-refractivity contribution in [2.24, 2.45) is 5.92 Å². The Morgan fingerprint density at radius 1 is 1.08 bits per heavy atom. The highest BCUT2D eigenvalue weighted by molar-refractivity contribution is 5.59. The van der Waals surface area contributed by atoms with Crippen molar-refractivity contribution in [3.8, 4) is 11.3 Å². The minimum absolute atomic E-state index is 0.704. The topological polar surface area (TPSA) is 34.0 Å². The molecule has 2 aromatic heterocycles. The molecule has 0 saturated carbocycles. The van der Waals surface area contributed by atoms with E-state index in [1.165, 1.54) is 30.5 Å². The number of aryl methyl sites for hydroxylation is 1. The van der Waals surface area contributed by atoms with Crippen LogP contribution in [-0.4, -0.2) is 32.5 Å². The lowest BCUT2D eigenvalue weighted by molar-refractivity contribution is 0.155. The molecular formula is C22H26N4. The lowest BCUT2D eigenvalue weighted by atomic mass is 9.97. The first-order valence-corrected chi connectivity index (χ1v) is 9.48. The fourth-order valence-corrected chi connectivity index (χ4v) is 3.94. The lowest BCUT2D eigenvalue weighted by Crippen LogP contribution is -2.36. The SMILES string of the molecule is Cc1nccn1C[C@H]1CCCN(Cc2cccc(-c3ccccn3)c2)C1. The summed E-state index contributed by atoms with van der Waals surface area (Å²) < 4.78 is 2.29. The van der Waals surface area contributed by atoms with Gasteiger partial charge >= 0.3 is 0 Å². The molecule has 1 saturated heterocycles. The molecule has 0 bridgehead atoms. The zero-order chi connectivity index (χ0) is 17.8. The van der Waals surface area contributed by atoms with Crippen LogP contribution >= 0.6 is 0 Å². The Balaban J connectivity index is 1.41. The minimum atomic E-state index is 0.704. The van der Waals surface area contributed by atoms with E-state index in [1.807, 2.05) is 24.5 Å². The second kappa shape index (κ2) is 7.83. The molecule has 4 nitrogen and oxygen atoms in total. The summed E-state index contributed by atoms with van der Waals surface area (Å²) in [5, 5.41) is 0. The normalized spacial score (nSPS) is 18.1. The first kappa shape index (κ1) is 17.0. The van der Waals surface area contributed by atoms with E-state index in [2.05, 4.69) is 62.9 Å².